The van der Waals surface area contributed by atoms with E-state index in [1.807, 2.05) is 0 Å². The number of nitrogens with two attached hydrogens (primary N) is 1. The van der Waals surface area contributed by atoms with E-state index in [0.717, 1.165) is 0 Å². The molecule has 0 saturated heterocycles. The number of hydrogen-bond donors (Lipinski definition) is 6. The molecule has 0 unspecified atom stereocenters. The number of Topliss-reactive ketones (excluding diaryl/α,β-unsaturated/α-hetero) is 2. The number of amides is 1. The van der Waals surface area contributed by atoms with Gasteiger partial charge in [0.1, 0.15) is 22.8 Å². The number of primary amides is 1. The van der Waals surface area contributed by atoms with Crippen LogP contribution in [0.5, 0.6) is 5.75 Å². The molecule has 1 saturated carbocycles. The van der Waals surface area contributed by atoms with E-state index in [9.17, 15) is 39.9 Å². The van der Waals surface area contributed by atoms with Crippen molar-refractivity contribution in [1.82, 2.24) is 4.90 Å². The van der Waals surface area contributed by atoms with Crippen LogP contribution in [-0.4, -0.2) is 79.7 Å². The number of ketones is 2. The molecule has 1 aromatic carbocycles. The van der Waals surface area contributed by atoms with Gasteiger partial charge in [-0.1, -0.05) is 32.9 Å². The Labute approximate surface area is 195 Å². The van der Waals surface area contributed by atoms with Crippen LogP contribution >= 0.6 is 0 Å². The average Bonchev–Trinajstić information content (AvgIpc) is 2.73. The zero-order valence-electron chi connectivity index (χ0n) is 19.4. The molecule has 0 heterocycles. The van der Waals surface area contributed by atoms with Crippen molar-refractivity contribution in [2.75, 3.05) is 14.1 Å². The first kappa shape index (κ1) is 23.9. The number of hydrogen-bond acceptors (Lipinski definition) is 9. The van der Waals surface area contributed by atoms with E-state index in [0.29, 0.717) is 5.56 Å². The molecule has 1 fully saturated rings. The maximum Gasteiger partial charge on any atom is 0.255 e. The molecule has 0 bridgehead atoms. The van der Waals surface area contributed by atoms with Crippen LogP contribution in [0.2, 0.25) is 0 Å². The lowest BCUT2D eigenvalue weighted by molar-refractivity contribution is -0.211. The molecule has 182 valence electrons. The summed E-state index contributed by atoms with van der Waals surface area (Å²) in [5, 5.41) is 56.4. The molecule has 3 aliphatic carbocycles. The molecule has 10 heteroatoms. The number of nitrogens with zero attached hydrogens (tertiary/aromatic N) is 1. The molecule has 4 rings (SSSR count). The third-order valence-corrected chi connectivity index (χ3v) is 8.33. The summed E-state index contributed by atoms with van der Waals surface area (Å²) in [6.45, 7) is 4.50. The largest absolute Gasteiger partial charge is 0.508 e. The number of carbonyl (C=O) groups excluding carboxylic acids is 3. The van der Waals surface area contributed by atoms with Gasteiger partial charge in [0.05, 0.1) is 28.7 Å². The first-order valence-corrected chi connectivity index (χ1v) is 10.8. The fourth-order valence-corrected chi connectivity index (χ4v) is 6.49. The SMILES string of the molecule is C[C@H]1c2cccc(O)c2C(O)=C2C(=O)[C@]3(O)C(O)=C(C(N)=O)C(=O)[C@@H](N(C)C)[C@]3(C)[C@@H](O)[C@@]21C. The minimum atomic E-state index is -2.98. The van der Waals surface area contributed by atoms with Gasteiger partial charge in [0, 0.05) is 5.41 Å². The number of benzene rings is 1. The van der Waals surface area contributed by atoms with Crippen LogP contribution in [-0.2, 0) is 14.4 Å². The highest BCUT2D eigenvalue weighted by Gasteiger charge is 2.77. The molecule has 1 aromatic rings. The summed E-state index contributed by atoms with van der Waals surface area (Å²) in [6.07, 6.45) is -1.70. The highest BCUT2D eigenvalue weighted by molar-refractivity contribution is 6.25. The van der Waals surface area contributed by atoms with E-state index in [2.05, 4.69) is 0 Å². The van der Waals surface area contributed by atoms with Crippen LogP contribution in [0, 0.1) is 10.8 Å². The number of carbonyl (C=O) groups is 3. The van der Waals surface area contributed by atoms with Crippen LogP contribution < -0.4 is 5.73 Å². The fourth-order valence-electron chi connectivity index (χ4n) is 6.49. The molecular weight excluding hydrogens is 444 g/mol. The van der Waals surface area contributed by atoms with Gasteiger partial charge in [-0.15, -0.1) is 0 Å². The van der Waals surface area contributed by atoms with E-state index in [1.165, 1.54) is 38.9 Å². The number of likely N-dealkylation sites (N-methyl/N-ethyl adjacent to an activating group) is 1. The van der Waals surface area contributed by atoms with E-state index in [1.54, 1.807) is 19.1 Å². The maximum absolute atomic E-state index is 14.1. The van der Waals surface area contributed by atoms with E-state index >= 15 is 0 Å². The lowest BCUT2D eigenvalue weighted by Gasteiger charge is -2.63. The van der Waals surface area contributed by atoms with E-state index < -0.39 is 74.6 Å². The molecule has 1 amide bonds. The number of phenols is 1. The first-order valence-electron chi connectivity index (χ1n) is 10.8. The van der Waals surface area contributed by atoms with Crippen LogP contribution in [0.15, 0.2) is 35.1 Å². The van der Waals surface area contributed by atoms with Gasteiger partial charge in [-0.25, -0.2) is 0 Å². The van der Waals surface area contributed by atoms with Gasteiger partial charge in [-0.05, 0) is 31.6 Å². The maximum atomic E-state index is 14.1. The van der Waals surface area contributed by atoms with Crippen molar-refractivity contribution in [2.45, 2.75) is 44.4 Å². The molecule has 3 aliphatic rings. The zero-order chi connectivity index (χ0) is 25.7. The number of phenolic OH excluding ortho intramolecular Hbond substituents is 1. The van der Waals surface area contributed by atoms with Crippen molar-refractivity contribution >= 4 is 23.2 Å². The minimum Gasteiger partial charge on any atom is -0.508 e. The normalized spacial score (nSPS) is 37.5. The van der Waals surface area contributed by atoms with Crippen molar-refractivity contribution in [3.8, 4) is 5.75 Å². The minimum absolute atomic E-state index is 0.0372. The summed E-state index contributed by atoms with van der Waals surface area (Å²) in [7, 11) is 2.93. The molecule has 0 radical (unpaired) electrons. The quantitative estimate of drug-likeness (QED) is 0.329. The molecule has 7 N–H and O–H groups in total. The second-order valence-electron chi connectivity index (χ2n) is 10.0. The Hall–Kier alpha value is -3.21. The molecule has 0 spiro atoms. The second-order valence-corrected chi connectivity index (χ2v) is 10.0. The Balaban J connectivity index is 2.18. The molecule has 0 aromatic heterocycles. The second kappa shape index (κ2) is 6.91. The van der Waals surface area contributed by atoms with Crippen molar-refractivity contribution in [2.24, 2.45) is 16.6 Å². The van der Waals surface area contributed by atoms with E-state index in [-0.39, 0.29) is 11.3 Å². The lowest BCUT2D eigenvalue weighted by atomic mass is 9.42. The van der Waals surface area contributed by atoms with Crippen LogP contribution in [0.25, 0.3) is 5.76 Å². The van der Waals surface area contributed by atoms with Crippen molar-refractivity contribution in [3.05, 3.63) is 46.2 Å². The summed E-state index contributed by atoms with van der Waals surface area (Å²) in [5.41, 5.74) is -2.23. The standard InChI is InChI=1S/C24H28N2O8/c1-9-10-7-6-8-11(27)12(10)15(28)14-19(31)24(34)18(30)13(20(25)32)16(29)17(26(4)5)23(24,3)21(33)22(9,14)2/h6-9,17,21,27-28,30,33-34H,1-5H3,(H2,25,32)/t9-,17+,21-,22+,23+,24+/m0/s1. The van der Waals surface area contributed by atoms with Gasteiger partial charge < -0.3 is 31.3 Å². The summed E-state index contributed by atoms with van der Waals surface area (Å²) < 4.78 is 0. The van der Waals surface area contributed by atoms with Gasteiger partial charge in [0.25, 0.3) is 5.91 Å². The number of aromatic hydroxyl groups is 1. The first-order chi connectivity index (χ1) is 15.6. The van der Waals surface area contributed by atoms with Gasteiger partial charge in [0.2, 0.25) is 5.78 Å². The summed E-state index contributed by atoms with van der Waals surface area (Å²) in [6, 6.07) is 3.07. The Morgan fingerprint density at radius 3 is 2.24 bits per heavy atom. The topological polar surface area (TPSA) is 182 Å². The van der Waals surface area contributed by atoms with Gasteiger partial charge in [-0.2, -0.15) is 0 Å². The van der Waals surface area contributed by atoms with Crippen molar-refractivity contribution in [1.29, 1.82) is 0 Å². The summed E-state index contributed by atoms with van der Waals surface area (Å²) in [4.78, 5) is 40.9. The number of aliphatic hydroxyl groups excluding tert-OH is 3. The summed E-state index contributed by atoms with van der Waals surface area (Å²) in [5.74, 6) is -6.43. The third-order valence-electron chi connectivity index (χ3n) is 8.33. The Kier molecular flexibility index (Phi) is 4.86. The van der Waals surface area contributed by atoms with Gasteiger partial charge in [-0.3, -0.25) is 19.3 Å². The predicted octanol–water partition coefficient (Wildman–Crippen LogP) is 0.276. The lowest BCUT2D eigenvalue weighted by Crippen LogP contribution is -2.78. The summed E-state index contributed by atoms with van der Waals surface area (Å²) >= 11 is 0. The van der Waals surface area contributed by atoms with Crippen LogP contribution in [0.1, 0.15) is 37.8 Å². The van der Waals surface area contributed by atoms with Crippen molar-refractivity contribution < 1.29 is 39.9 Å². The highest BCUT2D eigenvalue weighted by atomic mass is 16.4. The number of aliphatic hydroxyl groups is 4. The molecule has 10 nitrogen and oxygen atoms in total. The van der Waals surface area contributed by atoms with Crippen LogP contribution in [0.3, 0.4) is 0 Å². The smallest absolute Gasteiger partial charge is 0.255 e. The molecule has 0 aliphatic heterocycles. The van der Waals surface area contributed by atoms with E-state index in [4.69, 9.17) is 5.73 Å². The van der Waals surface area contributed by atoms with Crippen molar-refractivity contribution in [3.63, 3.8) is 0 Å². The molecule has 6 atom stereocenters. The predicted molar refractivity (Wildman–Crippen MR) is 120 cm³/mol. The molecule has 34 heavy (non-hydrogen) atoms. The van der Waals surface area contributed by atoms with Gasteiger partial charge in [0.15, 0.2) is 11.4 Å². The number of rotatable bonds is 2. The fraction of sp³-hybridized carbons (Fsp3) is 0.458. The van der Waals surface area contributed by atoms with Crippen LogP contribution in [0.4, 0.5) is 0 Å². The Morgan fingerprint density at radius 1 is 1.12 bits per heavy atom. The molecular formula is C24H28N2O8. The average molecular weight is 472 g/mol. The Bertz CT molecular complexity index is 1230. The third kappa shape index (κ3) is 2.33. The monoisotopic (exact) mass is 472 g/mol. The zero-order valence-corrected chi connectivity index (χ0v) is 19.4. The number of fused-ring (bicyclic) bond motifs is 3. The van der Waals surface area contributed by atoms with Gasteiger partial charge >= 0.3 is 0 Å². The highest BCUT2D eigenvalue weighted by Crippen LogP contribution is 2.66. The Morgan fingerprint density at radius 2 is 1.71 bits per heavy atom.